The Bertz CT molecular complexity index is 123. The topological polar surface area (TPSA) is 70.1 Å². The summed E-state index contributed by atoms with van der Waals surface area (Å²) in [7, 11) is 0. The van der Waals surface area contributed by atoms with E-state index in [4.69, 9.17) is 8.19 Å². The molecule has 0 amide bonds. The van der Waals surface area contributed by atoms with E-state index in [-0.39, 0.29) is 11.3 Å². The fourth-order valence-electron chi connectivity index (χ4n) is 0.439. The quantitative estimate of drug-likeness (QED) is 0.413. The van der Waals surface area contributed by atoms with Gasteiger partial charge in [-0.05, 0) is 0 Å². The third-order valence-electron chi connectivity index (χ3n) is 0.844. The molecule has 0 aliphatic carbocycles. The average molecular weight is 182 g/mol. The molecule has 4 nitrogen and oxygen atoms in total. The minimum atomic E-state index is -4.33. The van der Waals surface area contributed by atoms with Gasteiger partial charge in [0.25, 0.3) is 0 Å². The molecule has 1 fully saturated rings. The molecule has 1 rings (SSSR count). The summed E-state index contributed by atoms with van der Waals surface area (Å²) in [6.45, 7) is 0.520. The third kappa shape index (κ3) is 2.52. The first-order valence-electron chi connectivity index (χ1n) is 2.24. The number of ether oxygens (including phenoxy) is 1. The first kappa shape index (κ1) is 6.36. The van der Waals surface area contributed by atoms with Gasteiger partial charge >= 0.3 is 48.8 Å². The van der Waals surface area contributed by atoms with Gasteiger partial charge in [-0.3, -0.25) is 0 Å². The summed E-state index contributed by atoms with van der Waals surface area (Å²) in [6, 6.07) is 0. The van der Waals surface area contributed by atoms with Crippen LogP contribution < -0.4 is 0 Å². The fourth-order valence-corrected chi connectivity index (χ4v) is 1.99. The van der Waals surface area contributed by atoms with Gasteiger partial charge in [0.05, 0.1) is 0 Å². The second-order valence-electron chi connectivity index (χ2n) is 1.80. The summed E-state index contributed by atoms with van der Waals surface area (Å²) in [5.41, 5.74) is 0. The Morgan fingerprint density at radius 1 is 1.75 bits per heavy atom. The van der Waals surface area contributed by atoms with Crippen molar-refractivity contribution in [3.8, 4) is 0 Å². The van der Waals surface area contributed by atoms with Crippen molar-refractivity contribution >= 4 is 14.2 Å². The fraction of sp³-hybridized carbons (Fsp3) is 1.00. The van der Waals surface area contributed by atoms with Crippen LogP contribution in [0.15, 0.2) is 0 Å². The van der Waals surface area contributed by atoms with Crippen LogP contribution in [0.25, 0.3) is 0 Å². The van der Waals surface area contributed by atoms with Crippen molar-refractivity contribution in [2.45, 2.75) is 11.3 Å². The molecular formula is C3H7AsO4. The molecule has 48 valence electrons. The maximum absolute atomic E-state index is 10.2. The Kier molecular flexibility index (Phi) is 1.50. The van der Waals surface area contributed by atoms with Crippen LogP contribution >= 0.6 is 0 Å². The van der Waals surface area contributed by atoms with Gasteiger partial charge in [0, 0.05) is 0 Å². The summed E-state index contributed by atoms with van der Waals surface area (Å²) >= 11 is -4.33. The zero-order valence-corrected chi connectivity index (χ0v) is 6.03. The first-order valence-corrected chi connectivity index (χ1v) is 6.01. The van der Waals surface area contributed by atoms with Gasteiger partial charge in [-0.1, -0.05) is 0 Å². The van der Waals surface area contributed by atoms with Crippen molar-refractivity contribution in [1.29, 1.82) is 0 Å². The molecule has 0 aromatic carbocycles. The Morgan fingerprint density at radius 3 is 2.38 bits per heavy atom. The van der Waals surface area contributed by atoms with E-state index in [9.17, 15) is 3.74 Å². The van der Waals surface area contributed by atoms with Crippen LogP contribution in [0.1, 0.15) is 0 Å². The van der Waals surface area contributed by atoms with Crippen LogP contribution in [0.2, 0.25) is 5.21 Å². The second kappa shape index (κ2) is 1.88. The molecule has 1 heterocycles. The molecule has 0 spiro atoms. The van der Waals surface area contributed by atoms with Gasteiger partial charge in [-0.25, -0.2) is 0 Å². The van der Waals surface area contributed by atoms with E-state index in [0.29, 0.717) is 6.61 Å². The third-order valence-corrected chi connectivity index (χ3v) is 2.70. The first-order chi connectivity index (χ1) is 3.58. The van der Waals surface area contributed by atoms with Crippen LogP contribution in [0.5, 0.6) is 0 Å². The van der Waals surface area contributed by atoms with Crippen LogP contribution in [-0.2, 0) is 8.48 Å². The maximum atomic E-state index is 10.2. The zero-order chi connectivity index (χ0) is 6.20. The summed E-state index contributed by atoms with van der Waals surface area (Å²) in [6.07, 6.45) is -0.144. The average Bonchev–Trinajstić information content (AvgIpc) is 2.12. The van der Waals surface area contributed by atoms with Gasteiger partial charge in [0.2, 0.25) is 0 Å². The Hall–Kier alpha value is 0.238. The molecule has 2 N–H and O–H groups in total. The van der Waals surface area contributed by atoms with E-state index in [1.807, 2.05) is 0 Å². The summed E-state index contributed by atoms with van der Waals surface area (Å²) in [4.78, 5) is 0. The molecule has 0 aromatic rings. The zero-order valence-electron chi connectivity index (χ0n) is 4.15. The molecule has 0 saturated carbocycles. The van der Waals surface area contributed by atoms with Gasteiger partial charge in [0.15, 0.2) is 0 Å². The second-order valence-corrected chi connectivity index (χ2v) is 5.36. The van der Waals surface area contributed by atoms with Crippen molar-refractivity contribution in [3.05, 3.63) is 0 Å². The van der Waals surface area contributed by atoms with Crippen molar-refractivity contribution in [3.63, 3.8) is 0 Å². The Morgan fingerprint density at radius 2 is 2.25 bits per heavy atom. The molecular weight excluding hydrogens is 175 g/mol. The monoisotopic (exact) mass is 182 g/mol. The van der Waals surface area contributed by atoms with E-state index in [2.05, 4.69) is 4.74 Å². The summed E-state index contributed by atoms with van der Waals surface area (Å²) < 4.78 is 31.4. The van der Waals surface area contributed by atoms with Gasteiger partial charge in [-0.2, -0.15) is 0 Å². The number of hydrogen-bond donors (Lipinski definition) is 2. The standard InChI is InChI=1S/C3H7AsO4/c5-4(6,7)1-3-2-8-3/h3H,1-2H2,(H2,5,6,7). The number of epoxide rings is 1. The van der Waals surface area contributed by atoms with Crippen LogP contribution in [0.3, 0.4) is 0 Å². The molecule has 0 aromatic heterocycles. The van der Waals surface area contributed by atoms with Crippen LogP contribution in [-0.4, -0.2) is 35.1 Å². The van der Waals surface area contributed by atoms with Crippen LogP contribution in [0.4, 0.5) is 0 Å². The minimum absolute atomic E-state index is 0.0573. The molecule has 1 atom stereocenters. The molecule has 0 bridgehead atoms. The van der Waals surface area contributed by atoms with Gasteiger partial charge in [0.1, 0.15) is 0 Å². The Labute approximate surface area is 49.5 Å². The molecule has 1 aliphatic rings. The molecule has 1 unspecified atom stereocenters. The van der Waals surface area contributed by atoms with Gasteiger partial charge in [-0.15, -0.1) is 0 Å². The van der Waals surface area contributed by atoms with Crippen LogP contribution in [0, 0.1) is 0 Å². The van der Waals surface area contributed by atoms with E-state index in [1.54, 1.807) is 0 Å². The van der Waals surface area contributed by atoms with Crippen molar-refractivity contribution < 1.29 is 16.7 Å². The normalized spacial score (nSPS) is 28.0. The molecule has 5 heteroatoms. The Balaban J connectivity index is 2.26. The van der Waals surface area contributed by atoms with Crippen molar-refractivity contribution in [1.82, 2.24) is 0 Å². The van der Waals surface area contributed by atoms with Crippen molar-refractivity contribution in [2.24, 2.45) is 0 Å². The predicted octanol–water partition coefficient (Wildman–Crippen LogP) is -1.26. The summed E-state index contributed by atoms with van der Waals surface area (Å²) in [5.74, 6) is 0. The number of hydrogen-bond acceptors (Lipinski definition) is 2. The van der Waals surface area contributed by atoms with Gasteiger partial charge < -0.3 is 0 Å². The number of rotatable bonds is 2. The van der Waals surface area contributed by atoms with E-state index < -0.39 is 14.2 Å². The van der Waals surface area contributed by atoms with E-state index >= 15 is 0 Å². The van der Waals surface area contributed by atoms with E-state index in [1.165, 1.54) is 0 Å². The molecule has 1 aliphatic heterocycles. The SMILES string of the molecule is O=[As](O)(O)CC1CO1. The summed E-state index contributed by atoms with van der Waals surface area (Å²) in [5, 5.41) is -0.0573. The van der Waals surface area contributed by atoms with E-state index in [0.717, 1.165) is 0 Å². The molecule has 8 heavy (non-hydrogen) atoms. The predicted molar refractivity (Wildman–Crippen MR) is 25.4 cm³/mol. The molecule has 1 saturated heterocycles. The molecule has 0 radical (unpaired) electrons. The van der Waals surface area contributed by atoms with Crippen molar-refractivity contribution in [2.75, 3.05) is 6.61 Å².